The number of nitrogens with zero attached hydrogens (tertiary/aromatic N) is 1. The average Bonchev–Trinajstić information content (AvgIpc) is 2.16. The molecule has 1 aliphatic heterocycles. The first-order valence-corrected chi connectivity index (χ1v) is 5.65. The fraction of sp³-hybridized carbons (Fsp3) is 0.500. The molecule has 0 spiro atoms. The molecule has 0 aliphatic carbocycles. The molecule has 0 saturated carbocycles. The van der Waals surface area contributed by atoms with Gasteiger partial charge in [0, 0.05) is 6.21 Å². The lowest BCUT2D eigenvalue weighted by Crippen LogP contribution is -2.11. The second-order valence-electron chi connectivity index (χ2n) is 5.47. The lowest BCUT2D eigenvalue weighted by atomic mass is 9.84. The monoisotopic (exact) mass is 201 g/mol. The van der Waals surface area contributed by atoms with Gasteiger partial charge in [0.15, 0.2) is 0 Å². The van der Waals surface area contributed by atoms with Crippen LogP contribution in [0.2, 0.25) is 0 Å². The number of fused-ring (bicyclic) bond motifs is 1. The molecule has 15 heavy (non-hydrogen) atoms. The van der Waals surface area contributed by atoms with Crippen LogP contribution < -0.4 is 0 Å². The first-order valence-electron chi connectivity index (χ1n) is 5.65. The third-order valence-corrected chi connectivity index (χ3v) is 3.12. The van der Waals surface area contributed by atoms with E-state index in [1.165, 1.54) is 16.8 Å². The zero-order chi connectivity index (χ0) is 11.1. The van der Waals surface area contributed by atoms with E-state index >= 15 is 0 Å². The van der Waals surface area contributed by atoms with Crippen LogP contribution >= 0.6 is 0 Å². The second kappa shape index (κ2) is 3.48. The van der Waals surface area contributed by atoms with Gasteiger partial charge in [0.25, 0.3) is 0 Å². The molecule has 1 aromatic rings. The molecular weight excluding hydrogens is 182 g/mol. The molecule has 2 rings (SSSR count). The van der Waals surface area contributed by atoms with Crippen molar-refractivity contribution in [2.45, 2.75) is 45.4 Å². The Hall–Kier alpha value is -1.11. The summed E-state index contributed by atoms with van der Waals surface area (Å²) >= 11 is 0. The Morgan fingerprint density at radius 1 is 1.27 bits per heavy atom. The highest BCUT2D eigenvalue weighted by atomic mass is 14.7. The van der Waals surface area contributed by atoms with Gasteiger partial charge in [0.05, 0.1) is 5.69 Å². The number of hydrogen-bond acceptors (Lipinski definition) is 1. The van der Waals surface area contributed by atoms with Gasteiger partial charge in [-0.3, -0.25) is 4.99 Å². The molecule has 1 aliphatic rings. The van der Waals surface area contributed by atoms with Crippen LogP contribution in [-0.4, -0.2) is 6.21 Å². The van der Waals surface area contributed by atoms with Crippen molar-refractivity contribution in [3.05, 3.63) is 29.3 Å². The lowest BCUT2D eigenvalue weighted by molar-refractivity contribution is 0.589. The van der Waals surface area contributed by atoms with Gasteiger partial charge in [-0.1, -0.05) is 39.8 Å². The Bertz CT molecular complexity index is 396. The zero-order valence-electron chi connectivity index (χ0n) is 10.0. The van der Waals surface area contributed by atoms with Gasteiger partial charge in [0.2, 0.25) is 0 Å². The number of benzene rings is 1. The topological polar surface area (TPSA) is 12.4 Å². The Kier molecular flexibility index (Phi) is 2.41. The molecule has 1 aromatic carbocycles. The Morgan fingerprint density at radius 3 is 2.67 bits per heavy atom. The summed E-state index contributed by atoms with van der Waals surface area (Å²) in [6.45, 7) is 8.99. The minimum Gasteiger partial charge on any atom is -0.261 e. The summed E-state index contributed by atoms with van der Waals surface area (Å²) < 4.78 is 0. The third-order valence-electron chi connectivity index (χ3n) is 3.12. The van der Waals surface area contributed by atoms with Gasteiger partial charge in [0.1, 0.15) is 0 Å². The highest BCUT2D eigenvalue weighted by Gasteiger charge is 2.18. The van der Waals surface area contributed by atoms with Crippen molar-refractivity contribution >= 4 is 11.9 Å². The highest BCUT2D eigenvalue weighted by Crippen LogP contribution is 2.35. The molecular formula is C14H19N. The molecule has 0 N–H and O–H groups in total. The number of aliphatic imine (C=N–C) groups is 1. The summed E-state index contributed by atoms with van der Waals surface area (Å²) in [5.41, 5.74) is 4.14. The van der Waals surface area contributed by atoms with Gasteiger partial charge in [-0.05, 0) is 34.9 Å². The number of rotatable bonds is 0. The van der Waals surface area contributed by atoms with Crippen molar-refractivity contribution in [1.82, 2.24) is 0 Å². The SMILES string of the molecule is CC1CC=Nc2cc(C(C)(C)C)ccc21. The zero-order valence-corrected chi connectivity index (χ0v) is 10.0. The van der Waals surface area contributed by atoms with Gasteiger partial charge in [-0.25, -0.2) is 0 Å². The smallest absolute Gasteiger partial charge is 0.0663 e. The van der Waals surface area contributed by atoms with Crippen LogP contribution in [-0.2, 0) is 5.41 Å². The second-order valence-corrected chi connectivity index (χ2v) is 5.47. The predicted octanol–water partition coefficient (Wildman–Crippen LogP) is 4.19. The van der Waals surface area contributed by atoms with Crippen LogP contribution in [0.1, 0.15) is 51.2 Å². The average molecular weight is 201 g/mol. The van der Waals surface area contributed by atoms with Crippen LogP contribution in [0.15, 0.2) is 23.2 Å². The Balaban J connectivity index is 2.48. The third kappa shape index (κ3) is 1.97. The number of hydrogen-bond donors (Lipinski definition) is 0. The normalized spacial score (nSPS) is 20.1. The van der Waals surface area contributed by atoms with E-state index < -0.39 is 0 Å². The quantitative estimate of drug-likeness (QED) is 0.596. The molecule has 0 radical (unpaired) electrons. The van der Waals surface area contributed by atoms with E-state index in [0.717, 1.165) is 6.42 Å². The van der Waals surface area contributed by atoms with Crippen molar-refractivity contribution < 1.29 is 0 Å². The lowest BCUT2D eigenvalue weighted by Gasteiger charge is -2.23. The molecule has 80 valence electrons. The summed E-state index contributed by atoms with van der Waals surface area (Å²) in [5, 5.41) is 0. The molecule has 0 amide bonds. The molecule has 1 heteroatoms. The van der Waals surface area contributed by atoms with E-state index in [0.29, 0.717) is 5.92 Å². The molecule has 0 fully saturated rings. The maximum absolute atomic E-state index is 4.49. The van der Waals surface area contributed by atoms with Crippen molar-refractivity contribution in [2.24, 2.45) is 4.99 Å². The molecule has 1 heterocycles. The van der Waals surface area contributed by atoms with Crippen LogP contribution in [0.4, 0.5) is 5.69 Å². The van der Waals surface area contributed by atoms with Gasteiger partial charge in [-0.15, -0.1) is 0 Å². The molecule has 1 unspecified atom stereocenters. The van der Waals surface area contributed by atoms with Crippen molar-refractivity contribution in [3.8, 4) is 0 Å². The summed E-state index contributed by atoms with van der Waals surface area (Å²) in [6.07, 6.45) is 3.11. The predicted molar refractivity (Wildman–Crippen MR) is 66.3 cm³/mol. The van der Waals surface area contributed by atoms with E-state index in [-0.39, 0.29) is 5.41 Å². The summed E-state index contributed by atoms with van der Waals surface area (Å²) in [5.74, 6) is 0.617. The summed E-state index contributed by atoms with van der Waals surface area (Å²) in [6, 6.07) is 6.73. The van der Waals surface area contributed by atoms with Crippen LogP contribution in [0, 0.1) is 0 Å². The van der Waals surface area contributed by atoms with E-state index in [2.05, 4.69) is 50.9 Å². The maximum Gasteiger partial charge on any atom is 0.0663 e. The molecule has 1 nitrogen and oxygen atoms in total. The first-order chi connectivity index (χ1) is 6.98. The van der Waals surface area contributed by atoms with E-state index in [1.807, 2.05) is 6.21 Å². The fourth-order valence-electron chi connectivity index (χ4n) is 1.97. The van der Waals surface area contributed by atoms with Crippen molar-refractivity contribution in [1.29, 1.82) is 0 Å². The van der Waals surface area contributed by atoms with Gasteiger partial charge >= 0.3 is 0 Å². The molecule has 0 saturated heterocycles. The van der Waals surface area contributed by atoms with Gasteiger partial charge < -0.3 is 0 Å². The highest BCUT2D eigenvalue weighted by molar-refractivity contribution is 5.70. The Morgan fingerprint density at radius 2 is 2.00 bits per heavy atom. The van der Waals surface area contributed by atoms with E-state index in [1.54, 1.807) is 0 Å². The van der Waals surface area contributed by atoms with Crippen LogP contribution in [0.3, 0.4) is 0 Å². The molecule has 0 aromatic heterocycles. The van der Waals surface area contributed by atoms with Gasteiger partial charge in [-0.2, -0.15) is 0 Å². The minimum atomic E-state index is 0.214. The largest absolute Gasteiger partial charge is 0.261 e. The molecule has 1 atom stereocenters. The summed E-state index contributed by atoms with van der Waals surface area (Å²) in [7, 11) is 0. The fourth-order valence-corrected chi connectivity index (χ4v) is 1.97. The van der Waals surface area contributed by atoms with Crippen LogP contribution in [0.5, 0.6) is 0 Å². The Labute approximate surface area is 92.2 Å². The standard InChI is InChI=1S/C14H19N/c1-10-7-8-15-13-9-11(14(2,3)4)5-6-12(10)13/h5-6,8-10H,7H2,1-4H3. The molecule has 0 bridgehead atoms. The first kappa shape index (κ1) is 10.4. The minimum absolute atomic E-state index is 0.214. The van der Waals surface area contributed by atoms with E-state index in [4.69, 9.17) is 0 Å². The van der Waals surface area contributed by atoms with Crippen molar-refractivity contribution in [2.75, 3.05) is 0 Å². The van der Waals surface area contributed by atoms with E-state index in [9.17, 15) is 0 Å². The van der Waals surface area contributed by atoms with Crippen LogP contribution in [0.25, 0.3) is 0 Å². The maximum atomic E-state index is 4.49. The summed E-state index contributed by atoms with van der Waals surface area (Å²) in [4.78, 5) is 4.49. The van der Waals surface area contributed by atoms with Crippen molar-refractivity contribution in [3.63, 3.8) is 0 Å².